The van der Waals surface area contributed by atoms with Gasteiger partial charge in [-0.15, -0.1) is 11.3 Å². The number of carbonyl (C=O) groups excluding carboxylic acids is 1. The number of hydrogen-bond donors (Lipinski definition) is 2. The second kappa shape index (κ2) is 8.16. The standard InChI is InChI=1S/C20H23N3O3S2/c1-13-11-16-19(27-13)14(12-23-7-9-26-10-8-23)18(21-16)20(24)22-15-5-3-4-6-17(15)28(2)25/h3-6,11,21H,7-10,12H2,1-2H3,(H,22,24). The molecule has 2 N–H and O–H groups in total. The Balaban J connectivity index is 1.67. The van der Waals surface area contributed by atoms with Crippen molar-refractivity contribution in [2.24, 2.45) is 0 Å². The fourth-order valence-corrected chi connectivity index (χ4v) is 5.20. The third-order valence-electron chi connectivity index (χ3n) is 4.85. The van der Waals surface area contributed by atoms with Gasteiger partial charge < -0.3 is 15.0 Å². The lowest BCUT2D eigenvalue weighted by atomic mass is 10.2. The molecule has 6 nitrogen and oxygen atoms in total. The van der Waals surface area contributed by atoms with Crippen molar-refractivity contribution in [3.63, 3.8) is 0 Å². The minimum atomic E-state index is -1.18. The lowest BCUT2D eigenvalue weighted by Gasteiger charge is -2.26. The highest BCUT2D eigenvalue weighted by molar-refractivity contribution is 7.84. The van der Waals surface area contributed by atoms with Crippen molar-refractivity contribution in [3.8, 4) is 0 Å². The van der Waals surface area contributed by atoms with Crippen molar-refractivity contribution >= 4 is 43.9 Å². The Morgan fingerprint density at radius 1 is 1.32 bits per heavy atom. The van der Waals surface area contributed by atoms with Crippen LogP contribution >= 0.6 is 11.3 Å². The van der Waals surface area contributed by atoms with E-state index >= 15 is 0 Å². The Morgan fingerprint density at radius 3 is 2.82 bits per heavy atom. The van der Waals surface area contributed by atoms with Crippen LogP contribution in [-0.4, -0.2) is 52.6 Å². The Morgan fingerprint density at radius 2 is 2.07 bits per heavy atom. The lowest BCUT2D eigenvalue weighted by Crippen LogP contribution is -2.36. The first-order chi connectivity index (χ1) is 13.5. The molecule has 0 bridgehead atoms. The van der Waals surface area contributed by atoms with Gasteiger partial charge in [-0.1, -0.05) is 12.1 Å². The summed E-state index contributed by atoms with van der Waals surface area (Å²) in [6, 6.07) is 9.29. The highest BCUT2D eigenvalue weighted by Crippen LogP contribution is 2.32. The molecule has 1 amide bonds. The summed E-state index contributed by atoms with van der Waals surface area (Å²) >= 11 is 1.70. The van der Waals surface area contributed by atoms with Gasteiger partial charge in [-0.3, -0.25) is 13.9 Å². The van der Waals surface area contributed by atoms with Crippen molar-refractivity contribution in [1.82, 2.24) is 9.88 Å². The van der Waals surface area contributed by atoms with Gasteiger partial charge in [-0.05, 0) is 25.1 Å². The van der Waals surface area contributed by atoms with E-state index < -0.39 is 10.8 Å². The van der Waals surface area contributed by atoms with Gasteiger partial charge in [0.05, 0.1) is 44.8 Å². The van der Waals surface area contributed by atoms with E-state index in [0.717, 1.165) is 28.9 Å². The fourth-order valence-electron chi connectivity index (χ4n) is 3.49. The van der Waals surface area contributed by atoms with Crippen LogP contribution < -0.4 is 5.32 Å². The van der Waals surface area contributed by atoms with E-state index in [-0.39, 0.29) is 5.91 Å². The van der Waals surface area contributed by atoms with Crippen LogP contribution in [0.25, 0.3) is 10.2 Å². The molecular formula is C20H23N3O3S2. The van der Waals surface area contributed by atoms with Gasteiger partial charge in [0, 0.05) is 36.3 Å². The van der Waals surface area contributed by atoms with Crippen molar-refractivity contribution in [2.45, 2.75) is 18.4 Å². The van der Waals surface area contributed by atoms with Crippen LogP contribution in [0.5, 0.6) is 0 Å². The van der Waals surface area contributed by atoms with E-state index in [0.29, 0.717) is 36.0 Å². The maximum atomic E-state index is 13.1. The number of para-hydroxylation sites is 1. The van der Waals surface area contributed by atoms with Gasteiger partial charge in [0.15, 0.2) is 0 Å². The predicted octanol–water partition coefficient (Wildman–Crippen LogP) is 3.36. The fraction of sp³-hybridized carbons (Fsp3) is 0.350. The van der Waals surface area contributed by atoms with Crippen molar-refractivity contribution in [3.05, 3.63) is 46.5 Å². The number of rotatable bonds is 5. The number of anilines is 1. The molecule has 148 valence electrons. The molecule has 1 unspecified atom stereocenters. The van der Waals surface area contributed by atoms with E-state index in [1.54, 1.807) is 29.7 Å². The molecule has 3 heterocycles. The SMILES string of the molecule is Cc1cc2[nH]c(C(=O)Nc3ccccc3S(C)=O)c(CN3CCOCC3)c2s1. The number of morpholine rings is 1. The quantitative estimate of drug-likeness (QED) is 0.668. The number of ether oxygens (including phenoxy) is 1. The van der Waals surface area contributed by atoms with E-state index in [9.17, 15) is 9.00 Å². The normalized spacial score (nSPS) is 16.4. The number of fused-ring (bicyclic) bond motifs is 1. The number of nitrogens with one attached hydrogen (secondary N) is 2. The Bertz CT molecular complexity index is 1030. The summed E-state index contributed by atoms with van der Waals surface area (Å²) in [6.07, 6.45) is 1.61. The minimum Gasteiger partial charge on any atom is -0.379 e. The number of aryl methyl sites for hydroxylation is 1. The minimum absolute atomic E-state index is 0.206. The number of aromatic amines is 1. The van der Waals surface area contributed by atoms with Gasteiger partial charge in [0.1, 0.15) is 5.69 Å². The molecular weight excluding hydrogens is 394 g/mol. The van der Waals surface area contributed by atoms with E-state index in [1.165, 1.54) is 4.88 Å². The smallest absolute Gasteiger partial charge is 0.272 e. The topological polar surface area (TPSA) is 74.4 Å². The van der Waals surface area contributed by atoms with Crippen LogP contribution in [0.1, 0.15) is 20.9 Å². The maximum Gasteiger partial charge on any atom is 0.272 e. The molecule has 0 saturated carbocycles. The zero-order valence-corrected chi connectivity index (χ0v) is 17.5. The monoisotopic (exact) mass is 417 g/mol. The molecule has 1 aliphatic rings. The first kappa shape index (κ1) is 19.3. The zero-order valence-electron chi connectivity index (χ0n) is 15.9. The number of hydrogen-bond acceptors (Lipinski definition) is 5. The number of nitrogens with zero attached hydrogens (tertiary/aromatic N) is 1. The highest BCUT2D eigenvalue weighted by Gasteiger charge is 2.23. The summed E-state index contributed by atoms with van der Waals surface area (Å²) in [4.78, 5) is 20.6. The zero-order chi connectivity index (χ0) is 19.7. The van der Waals surface area contributed by atoms with Crippen molar-refractivity contribution < 1.29 is 13.7 Å². The second-order valence-corrected chi connectivity index (χ2v) is 9.48. The molecule has 0 radical (unpaired) electrons. The molecule has 0 spiro atoms. The number of aromatic nitrogens is 1. The molecule has 3 aromatic rings. The van der Waals surface area contributed by atoms with Crippen LogP contribution in [0.3, 0.4) is 0 Å². The maximum absolute atomic E-state index is 13.1. The summed E-state index contributed by atoms with van der Waals surface area (Å²) in [6.45, 7) is 5.92. The second-order valence-electron chi connectivity index (χ2n) is 6.87. The number of carbonyl (C=O) groups is 1. The molecule has 8 heteroatoms. The van der Waals surface area contributed by atoms with E-state index in [4.69, 9.17) is 4.74 Å². The molecule has 1 aliphatic heterocycles. The first-order valence-electron chi connectivity index (χ1n) is 9.18. The first-order valence-corrected chi connectivity index (χ1v) is 11.6. The van der Waals surface area contributed by atoms with Gasteiger partial charge >= 0.3 is 0 Å². The summed E-state index contributed by atoms with van der Waals surface area (Å²) in [5, 5.41) is 2.95. The van der Waals surface area contributed by atoms with Gasteiger partial charge in [-0.25, -0.2) is 0 Å². The van der Waals surface area contributed by atoms with Gasteiger partial charge in [0.2, 0.25) is 0 Å². The highest BCUT2D eigenvalue weighted by atomic mass is 32.2. The Kier molecular flexibility index (Phi) is 5.63. The summed E-state index contributed by atoms with van der Waals surface area (Å²) in [7, 11) is -1.18. The number of amides is 1. The Hall–Kier alpha value is -2.00. The lowest BCUT2D eigenvalue weighted by molar-refractivity contribution is 0.0343. The molecule has 2 aromatic heterocycles. The molecule has 1 fully saturated rings. The van der Waals surface area contributed by atoms with Crippen molar-refractivity contribution in [1.29, 1.82) is 0 Å². The average molecular weight is 418 g/mol. The van der Waals surface area contributed by atoms with E-state index in [1.807, 2.05) is 12.1 Å². The van der Waals surface area contributed by atoms with Crippen LogP contribution in [0.2, 0.25) is 0 Å². The average Bonchev–Trinajstić information content (AvgIpc) is 3.20. The molecule has 0 aliphatic carbocycles. The third kappa shape index (κ3) is 3.91. The molecule has 4 rings (SSSR count). The molecule has 1 atom stereocenters. The molecule has 1 aromatic carbocycles. The summed E-state index contributed by atoms with van der Waals surface area (Å²) < 4.78 is 18.6. The summed E-state index contributed by atoms with van der Waals surface area (Å²) in [5.41, 5.74) is 3.16. The van der Waals surface area contributed by atoms with Gasteiger partial charge in [0.25, 0.3) is 5.91 Å². The van der Waals surface area contributed by atoms with Crippen LogP contribution in [-0.2, 0) is 22.1 Å². The molecule has 28 heavy (non-hydrogen) atoms. The van der Waals surface area contributed by atoms with Gasteiger partial charge in [-0.2, -0.15) is 0 Å². The number of benzene rings is 1. The number of H-pyrrole nitrogens is 1. The number of thiophene rings is 1. The van der Waals surface area contributed by atoms with Crippen LogP contribution in [0.15, 0.2) is 35.2 Å². The van der Waals surface area contributed by atoms with E-state index in [2.05, 4.69) is 28.2 Å². The summed E-state index contributed by atoms with van der Waals surface area (Å²) in [5.74, 6) is -0.206. The van der Waals surface area contributed by atoms with Crippen LogP contribution in [0, 0.1) is 6.92 Å². The third-order valence-corrected chi connectivity index (χ3v) is 6.93. The van der Waals surface area contributed by atoms with Crippen molar-refractivity contribution in [2.75, 3.05) is 37.9 Å². The predicted molar refractivity (Wildman–Crippen MR) is 114 cm³/mol. The Labute approximate surface area is 170 Å². The molecule has 1 saturated heterocycles. The van der Waals surface area contributed by atoms with Crippen LogP contribution in [0.4, 0.5) is 5.69 Å². The largest absolute Gasteiger partial charge is 0.379 e.